The molecule has 0 atom stereocenters. The van der Waals surface area contributed by atoms with E-state index in [9.17, 15) is 0 Å². The van der Waals surface area contributed by atoms with Gasteiger partial charge in [-0.1, -0.05) is 89.0 Å². The van der Waals surface area contributed by atoms with Crippen LogP contribution >= 0.6 is 31.9 Å². The van der Waals surface area contributed by atoms with Gasteiger partial charge in [0.1, 0.15) is 0 Å². The topological polar surface area (TPSA) is 4.93 Å². The van der Waals surface area contributed by atoms with E-state index in [4.69, 9.17) is 0 Å². The van der Waals surface area contributed by atoms with Crippen LogP contribution in [0.1, 0.15) is 26.3 Å². The third-order valence-corrected chi connectivity index (χ3v) is 6.23. The first-order valence-corrected chi connectivity index (χ1v) is 11.3. The van der Waals surface area contributed by atoms with Crippen LogP contribution in [0.4, 0.5) is 0 Å². The van der Waals surface area contributed by atoms with E-state index >= 15 is 0 Å². The highest BCUT2D eigenvalue weighted by molar-refractivity contribution is 9.10. The maximum atomic E-state index is 3.55. The van der Waals surface area contributed by atoms with Gasteiger partial charge in [0.05, 0.1) is 5.69 Å². The summed E-state index contributed by atoms with van der Waals surface area (Å²) >= 11 is 7.09. The second-order valence-electron chi connectivity index (χ2n) is 8.26. The molecule has 1 nitrogen and oxygen atoms in total. The molecule has 0 saturated carbocycles. The molecule has 0 spiro atoms. The highest BCUT2D eigenvalue weighted by atomic mass is 79.9. The van der Waals surface area contributed by atoms with Gasteiger partial charge < -0.3 is 4.57 Å². The Hall–Kier alpha value is -2.10. The third-order valence-electron chi connectivity index (χ3n) is 5.17. The van der Waals surface area contributed by atoms with Crippen LogP contribution < -0.4 is 0 Å². The standard InChI is InChI=1S/C26H23Br2N/c1-26(2,3)20-8-4-19(5-9-20)25-24(18-6-10-21(27)11-7-18)16-17-29(25)23-14-12-22(28)13-15-23/h4-17H,1-3H3. The maximum absolute atomic E-state index is 3.55. The fourth-order valence-corrected chi connectivity index (χ4v) is 4.06. The lowest BCUT2D eigenvalue weighted by molar-refractivity contribution is 0.590. The first kappa shape index (κ1) is 20.2. The fourth-order valence-electron chi connectivity index (χ4n) is 3.53. The molecular formula is C26H23Br2N. The van der Waals surface area contributed by atoms with Gasteiger partial charge >= 0.3 is 0 Å². The van der Waals surface area contributed by atoms with Gasteiger partial charge in [0, 0.05) is 26.4 Å². The van der Waals surface area contributed by atoms with Crippen molar-refractivity contribution in [2.75, 3.05) is 0 Å². The molecule has 1 heterocycles. The van der Waals surface area contributed by atoms with Crippen molar-refractivity contribution < 1.29 is 0 Å². The van der Waals surface area contributed by atoms with Crippen LogP contribution in [0.2, 0.25) is 0 Å². The van der Waals surface area contributed by atoms with E-state index in [1.54, 1.807) is 0 Å². The highest BCUT2D eigenvalue weighted by Crippen LogP contribution is 2.37. The Labute approximate surface area is 189 Å². The molecule has 0 saturated heterocycles. The molecule has 0 N–H and O–H groups in total. The zero-order valence-corrected chi connectivity index (χ0v) is 20.0. The molecule has 0 aliphatic heterocycles. The van der Waals surface area contributed by atoms with E-state index in [1.165, 1.54) is 27.9 Å². The number of benzene rings is 3. The molecule has 4 aromatic rings. The molecule has 146 valence electrons. The van der Waals surface area contributed by atoms with Crippen LogP contribution in [0.5, 0.6) is 0 Å². The zero-order valence-electron chi connectivity index (χ0n) is 16.8. The Bertz CT molecular complexity index is 1050. The van der Waals surface area contributed by atoms with Crippen molar-refractivity contribution in [1.82, 2.24) is 4.57 Å². The molecule has 0 radical (unpaired) electrons. The van der Waals surface area contributed by atoms with Gasteiger partial charge in [-0.05, 0) is 64.6 Å². The van der Waals surface area contributed by atoms with Crippen molar-refractivity contribution in [3.05, 3.63) is 99.6 Å². The molecular weight excluding hydrogens is 486 g/mol. The van der Waals surface area contributed by atoms with Crippen molar-refractivity contribution in [3.63, 3.8) is 0 Å². The monoisotopic (exact) mass is 507 g/mol. The first-order chi connectivity index (χ1) is 13.8. The summed E-state index contributed by atoms with van der Waals surface area (Å²) in [6.45, 7) is 6.75. The van der Waals surface area contributed by atoms with Gasteiger partial charge in [0.15, 0.2) is 0 Å². The minimum absolute atomic E-state index is 0.140. The summed E-state index contributed by atoms with van der Waals surface area (Å²) in [7, 11) is 0. The predicted molar refractivity (Wildman–Crippen MR) is 131 cm³/mol. The molecule has 0 fully saturated rings. The predicted octanol–water partition coefficient (Wildman–Crippen LogP) is 8.63. The lowest BCUT2D eigenvalue weighted by Crippen LogP contribution is -2.10. The van der Waals surface area contributed by atoms with Crippen molar-refractivity contribution in [1.29, 1.82) is 0 Å². The Morgan fingerprint density at radius 1 is 0.621 bits per heavy atom. The lowest BCUT2D eigenvalue weighted by Gasteiger charge is -2.20. The molecule has 29 heavy (non-hydrogen) atoms. The summed E-state index contributed by atoms with van der Waals surface area (Å²) < 4.78 is 4.44. The van der Waals surface area contributed by atoms with E-state index in [1.807, 2.05) is 0 Å². The molecule has 0 aliphatic rings. The Balaban J connectivity index is 1.90. The van der Waals surface area contributed by atoms with Gasteiger partial charge in [-0.2, -0.15) is 0 Å². The molecule has 0 bridgehead atoms. The summed E-state index contributed by atoms with van der Waals surface area (Å²) in [5, 5.41) is 0. The minimum Gasteiger partial charge on any atom is -0.316 e. The van der Waals surface area contributed by atoms with Gasteiger partial charge in [-0.15, -0.1) is 0 Å². The van der Waals surface area contributed by atoms with Crippen molar-refractivity contribution >= 4 is 31.9 Å². The normalized spacial score (nSPS) is 11.6. The van der Waals surface area contributed by atoms with Crippen molar-refractivity contribution in [2.45, 2.75) is 26.2 Å². The Kier molecular flexibility index (Phi) is 5.54. The first-order valence-electron chi connectivity index (χ1n) is 9.67. The van der Waals surface area contributed by atoms with Crippen molar-refractivity contribution in [2.24, 2.45) is 0 Å². The van der Waals surface area contributed by atoms with E-state index in [2.05, 4.69) is 142 Å². The quantitative estimate of drug-likeness (QED) is 0.261. The van der Waals surface area contributed by atoms with Crippen LogP contribution in [-0.2, 0) is 5.41 Å². The molecule has 0 aliphatic carbocycles. The molecule has 3 aromatic carbocycles. The van der Waals surface area contributed by atoms with Crippen LogP contribution in [0, 0.1) is 0 Å². The third kappa shape index (κ3) is 4.26. The van der Waals surface area contributed by atoms with Crippen LogP contribution in [0.25, 0.3) is 28.1 Å². The number of halogens is 2. The van der Waals surface area contributed by atoms with Crippen molar-refractivity contribution in [3.8, 4) is 28.1 Å². The number of hydrogen-bond acceptors (Lipinski definition) is 0. The van der Waals surface area contributed by atoms with Gasteiger partial charge in [-0.3, -0.25) is 0 Å². The van der Waals surface area contributed by atoms with Crippen LogP contribution in [0.3, 0.4) is 0 Å². The number of rotatable bonds is 3. The van der Waals surface area contributed by atoms with Gasteiger partial charge in [0.25, 0.3) is 0 Å². The minimum atomic E-state index is 0.140. The summed E-state index contributed by atoms with van der Waals surface area (Å²) in [6.07, 6.45) is 2.16. The second kappa shape index (κ2) is 7.97. The summed E-state index contributed by atoms with van der Waals surface area (Å²) in [5.41, 5.74) is 7.47. The Morgan fingerprint density at radius 2 is 1.14 bits per heavy atom. The molecule has 4 rings (SSSR count). The smallest absolute Gasteiger partial charge is 0.0606 e. The molecule has 0 unspecified atom stereocenters. The SMILES string of the molecule is CC(C)(C)c1ccc(-c2c(-c3ccc(Br)cc3)ccn2-c2ccc(Br)cc2)cc1. The summed E-state index contributed by atoms with van der Waals surface area (Å²) in [4.78, 5) is 0. The molecule has 1 aromatic heterocycles. The van der Waals surface area contributed by atoms with Crippen LogP contribution in [-0.4, -0.2) is 4.57 Å². The molecule has 3 heteroatoms. The van der Waals surface area contributed by atoms with Crippen LogP contribution in [0.15, 0.2) is 94.0 Å². The fraction of sp³-hybridized carbons (Fsp3) is 0.154. The summed E-state index contributed by atoms with van der Waals surface area (Å²) in [6, 6.07) is 28.2. The molecule has 0 amide bonds. The number of hydrogen-bond donors (Lipinski definition) is 0. The highest BCUT2D eigenvalue weighted by Gasteiger charge is 2.17. The lowest BCUT2D eigenvalue weighted by atomic mass is 9.86. The van der Waals surface area contributed by atoms with E-state index < -0.39 is 0 Å². The number of aromatic nitrogens is 1. The van der Waals surface area contributed by atoms with E-state index in [-0.39, 0.29) is 5.41 Å². The second-order valence-corrected chi connectivity index (χ2v) is 10.1. The average molecular weight is 509 g/mol. The summed E-state index contributed by atoms with van der Waals surface area (Å²) in [5.74, 6) is 0. The zero-order chi connectivity index (χ0) is 20.6. The van der Waals surface area contributed by atoms with Gasteiger partial charge in [-0.25, -0.2) is 0 Å². The number of nitrogens with zero attached hydrogens (tertiary/aromatic N) is 1. The van der Waals surface area contributed by atoms with E-state index in [0.29, 0.717) is 0 Å². The average Bonchev–Trinajstić information content (AvgIpc) is 3.13. The Morgan fingerprint density at radius 3 is 1.69 bits per heavy atom. The maximum Gasteiger partial charge on any atom is 0.0606 e. The van der Waals surface area contributed by atoms with E-state index in [0.717, 1.165) is 14.6 Å². The largest absolute Gasteiger partial charge is 0.316 e. The van der Waals surface area contributed by atoms with Gasteiger partial charge in [0.2, 0.25) is 0 Å².